The van der Waals surface area contributed by atoms with Crippen LogP contribution in [-0.2, 0) is 45.2 Å². The summed E-state index contributed by atoms with van der Waals surface area (Å²) >= 11 is 0. The smallest absolute Gasteiger partial charge is 0.306 e. The van der Waals surface area contributed by atoms with E-state index in [-0.39, 0.29) is 17.5 Å². The normalized spacial score (nSPS) is 16.3. The zero-order valence-electron chi connectivity index (χ0n) is 23.2. The number of hydrogen-bond donors (Lipinski definition) is 0. The summed E-state index contributed by atoms with van der Waals surface area (Å²) in [5.74, 6) is 2.34. The Morgan fingerprint density at radius 1 is 0.825 bits per heavy atom. The van der Waals surface area contributed by atoms with Gasteiger partial charge in [-0.15, -0.1) is 0 Å². The minimum Gasteiger partial charge on any atom is -0.493 e. The number of carbonyl (C=O) groups is 1. The molecular weight excluding hydrogens is 524 g/mol. The second-order valence-electron chi connectivity index (χ2n) is 10.8. The molecule has 0 bridgehead atoms. The van der Waals surface area contributed by atoms with Crippen molar-refractivity contribution in [3.8, 4) is 22.6 Å². The molecule has 1 aliphatic carbocycles. The number of sulfone groups is 1. The van der Waals surface area contributed by atoms with E-state index in [2.05, 4.69) is 30.3 Å². The van der Waals surface area contributed by atoms with Gasteiger partial charge < -0.3 is 14.2 Å². The van der Waals surface area contributed by atoms with Crippen molar-refractivity contribution in [3.05, 3.63) is 82.9 Å². The van der Waals surface area contributed by atoms with Crippen molar-refractivity contribution in [2.45, 2.75) is 58.5 Å². The van der Waals surface area contributed by atoms with E-state index in [1.807, 2.05) is 37.3 Å². The highest BCUT2D eigenvalue weighted by Crippen LogP contribution is 2.36. The van der Waals surface area contributed by atoms with Gasteiger partial charge in [-0.2, -0.15) is 0 Å². The zero-order chi connectivity index (χ0) is 28.0. The molecule has 7 heteroatoms. The van der Waals surface area contributed by atoms with Crippen molar-refractivity contribution in [2.75, 3.05) is 24.7 Å². The molecule has 5 rings (SSSR count). The van der Waals surface area contributed by atoms with Gasteiger partial charge in [0.15, 0.2) is 0 Å². The van der Waals surface area contributed by atoms with E-state index >= 15 is 0 Å². The topological polar surface area (TPSA) is 78.9 Å². The van der Waals surface area contributed by atoms with Crippen LogP contribution in [0.3, 0.4) is 0 Å². The third kappa shape index (κ3) is 7.45. The molecule has 40 heavy (non-hydrogen) atoms. The molecule has 3 aromatic carbocycles. The van der Waals surface area contributed by atoms with E-state index < -0.39 is 9.84 Å². The molecule has 0 aromatic heterocycles. The van der Waals surface area contributed by atoms with Crippen LogP contribution in [0.2, 0.25) is 0 Å². The number of esters is 1. The Kier molecular flexibility index (Phi) is 9.10. The van der Waals surface area contributed by atoms with Gasteiger partial charge >= 0.3 is 5.97 Å². The molecular formula is C33H38O6S. The monoisotopic (exact) mass is 562 g/mol. The summed E-state index contributed by atoms with van der Waals surface area (Å²) in [5, 5.41) is 0. The lowest BCUT2D eigenvalue weighted by atomic mass is 9.95. The van der Waals surface area contributed by atoms with Gasteiger partial charge in [-0.25, -0.2) is 8.42 Å². The first-order valence-corrected chi connectivity index (χ1v) is 16.2. The van der Waals surface area contributed by atoms with Crippen LogP contribution in [0.4, 0.5) is 0 Å². The molecule has 0 N–H and O–H groups in total. The molecule has 3 aromatic rings. The average molecular weight is 563 g/mol. The second-order valence-corrected chi connectivity index (χ2v) is 13.1. The van der Waals surface area contributed by atoms with Gasteiger partial charge in [-0.05, 0) is 115 Å². The number of hydrogen-bond acceptors (Lipinski definition) is 6. The van der Waals surface area contributed by atoms with E-state index in [4.69, 9.17) is 14.2 Å². The van der Waals surface area contributed by atoms with Crippen LogP contribution >= 0.6 is 0 Å². The Balaban J connectivity index is 1.21. The van der Waals surface area contributed by atoms with Crippen molar-refractivity contribution in [3.63, 3.8) is 0 Å². The predicted octanol–water partition coefficient (Wildman–Crippen LogP) is 6.12. The fourth-order valence-electron chi connectivity index (χ4n) is 5.50. The van der Waals surface area contributed by atoms with Crippen molar-refractivity contribution in [1.82, 2.24) is 0 Å². The Bertz CT molecular complexity index is 1410. The molecule has 1 heterocycles. The molecule has 6 nitrogen and oxygen atoms in total. The quantitative estimate of drug-likeness (QED) is 0.277. The summed E-state index contributed by atoms with van der Waals surface area (Å²) in [6, 6.07) is 20.9. The lowest BCUT2D eigenvalue weighted by molar-refractivity contribution is -0.143. The van der Waals surface area contributed by atoms with Gasteiger partial charge in [0.05, 0.1) is 24.7 Å². The van der Waals surface area contributed by atoms with Crippen LogP contribution in [-0.4, -0.2) is 39.1 Å². The summed E-state index contributed by atoms with van der Waals surface area (Å²) in [4.78, 5) is 11.6. The molecule has 212 valence electrons. The molecule has 1 saturated heterocycles. The first-order chi connectivity index (χ1) is 19.4. The molecule has 0 unspecified atom stereocenters. The highest BCUT2D eigenvalue weighted by Gasteiger charge is 2.24. The molecule has 0 radical (unpaired) electrons. The van der Waals surface area contributed by atoms with Crippen LogP contribution in [0.1, 0.15) is 54.9 Å². The lowest BCUT2D eigenvalue weighted by Gasteiger charge is -2.22. The lowest BCUT2D eigenvalue weighted by Crippen LogP contribution is -2.26. The van der Waals surface area contributed by atoms with Gasteiger partial charge in [0.1, 0.15) is 27.9 Å². The Labute approximate surface area is 237 Å². The molecule has 0 amide bonds. The summed E-state index contributed by atoms with van der Waals surface area (Å²) in [6.07, 6.45) is 5.52. The first-order valence-electron chi connectivity index (χ1n) is 14.3. The first kappa shape index (κ1) is 28.2. The van der Waals surface area contributed by atoms with Crippen LogP contribution in [0.5, 0.6) is 11.5 Å². The third-order valence-electron chi connectivity index (χ3n) is 7.85. The van der Waals surface area contributed by atoms with Gasteiger partial charge in [0.2, 0.25) is 0 Å². The molecule has 0 saturated carbocycles. The number of carbonyl (C=O) groups excluding carboxylic acids is 1. The number of fused-ring (bicyclic) bond motifs is 3. The standard InChI is InChI=1S/C33H38O6S/c1-2-37-33(34)15-9-24-7-11-29(12-8-24)38-23-26-6-10-27-4-3-5-28-21-30(13-14-31(28)32(27)20-26)39-22-25-16-18-40(35,36)19-17-25/h6-8,10-14,20-21,25H,2-5,9,15-19,22-23H2,1H3. The number of rotatable bonds is 10. The fourth-order valence-corrected chi connectivity index (χ4v) is 7.09. The molecule has 1 aliphatic heterocycles. The number of benzene rings is 3. The van der Waals surface area contributed by atoms with Crippen LogP contribution in [0, 0.1) is 5.92 Å². The zero-order valence-corrected chi connectivity index (χ0v) is 24.0. The Morgan fingerprint density at radius 2 is 1.55 bits per heavy atom. The minimum absolute atomic E-state index is 0.171. The predicted molar refractivity (Wildman–Crippen MR) is 157 cm³/mol. The molecule has 0 spiro atoms. The number of ether oxygens (including phenoxy) is 3. The summed E-state index contributed by atoms with van der Waals surface area (Å²) < 4.78 is 40.6. The van der Waals surface area contributed by atoms with Crippen molar-refractivity contribution >= 4 is 15.8 Å². The van der Waals surface area contributed by atoms with E-state index in [1.54, 1.807) is 0 Å². The maximum Gasteiger partial charge on any atom is 0.306 e. The van der Waals surface area contributed by atoms with Crippen molar-refractivity contribution in [2.24, 2.45) is 5.92 Å². The van der Waals surface area contributed by atoms with E-state index in [0.717, 1.165) is 41.9 Å². The fraction of sp³-hybridized carbons (Fsp3) is 0.424. The van der Waals surface area contributed by atoms with Gasteiger partial charge in [0, 0.05) is 6.42 Å². The van der Waals surface area contributed by atoms with E-state index in [9.17, 15) is 13.2 Å². The molecule has 1 fully saturated rings. The van der Waals surface area contributed by atoms with Crippen molar-refractivity contribution in [1.29, 1.82) is 0 Å². The number of aryl methyl sites for hydroxylation is 3. The maximum absolute atomic E-state index is 11.7. The molecule has 0 atom stereocenters. The highest BCUT2D eigenvalue weighted by atomic mass is 32.2. The van der Waals surface area contributed by atoms with Crippen LogP contribution in [0.15, 0.2) is 60.7 Å². The van der Waals surface area contributed by atoms with E-state index in [1.165, 1.54) is 22.3 Å². The third-order valence-corrected chi connectivity index (χ3v) is 9.56. The largest absolute Gasteiger partial charge is 0.493 e. The van der Waals surface area contributed by atoms with E-state index in [0.29, 0.717) is 51.4 Å². The van der Waals surface area contributed by atoms with Crippen LogP contribution < -0.4 is 9.47 Å². The minimum atomic E-state index is -2.85. The SMILES string of the molecule is CCOC(=O)CCc1ccc(OCc2ccc3c(c2)-c2ccc(OCC4CCS(=O)(=O)CC4)cc2CCC3)cc1. The van der Waals surface area contributed by atoms with Crippen LogP contribution in [0.25, 0.3) is 11.1 Å². The Morgan fingerprint density at radius 3 is 2.33 bits per heavy atom. The summed E-state index contributed by atoms with van der Waals surface area (Å²) in [7, 11) is -2.85. The molecule has 2 aliphatic rings. The maximum atomic E-state index is 11.7. The Hall–Kier alpha value is -3.32. The van der Waals surface area contributed by atoms with Crippen molar-refractivity contribution < 1.29 is 27.4 Å². The van der Waals surface area contributed by atoms with Gasteiger partial charge in [-0.3, -0.25) is 4.79 Å². The average Bonchev–Trinajstić information content (AvgIpc) is 3.13. The second kappa shape index (κ2) is 12.9. The highest BCUT2D eigenvalue weighted by molar-refractivity contribution is 7.91. The van der Waals surface area contributed by atoms with Gasteiger partial charge in [0.25, 0.3) is 0 Å². The summed E-state index contributed by atoms with van der Waals surface area (Å²) in [5.41, 5.74) is 7.34. The van der Waals surface area contributed by atoms with Gasteiger partial charge in [-0.1, -0.05) is 30.3 Å². The summed E-state index contributed by atoms with van der Waals surface area (Å²) in [6.45, 7) is 3.27.